The van der Waals surface area contributed by atoms with Crippen LogP contribution in [0.15, 0.2) is 91.1 Å². The molecule has 4 atom stereocenters. The number of likely N-dealkylation sites (N-methyl/N-ethyl adjacent to an activating group) is 1. The first kappa shape index (κ1) is 40.5. The van der Waals surface area contributed by atoms with E-state index in [9.17, 15) is 14.4 Å². The number of H-pyrrole nitrogens is 1. The number of amides is 5. The van der Waals surface area contributed by atoms with E-state index in [0.717, 1.165) is 46.9 Å². The summed E-state index contributed by atoms with van der Waals surface area (Å²) in [5.41, 5.74) is 8.17. The molecular formula is C44H53ClN6O5. The maximum atomic E-state index is 15.2. The fourth-order valence-electron chi connectivity index (χ4n) is 8.59. The van der Waals surface area contributed by atoms with Gasteiger partial charge in [-0.15, -0.1) is 11.6 Å². The SMILES string of the molecule is CN(C(=O)CCl)[C@@H](Cc1ccccc1)C(=O)N1CCCCC1(C(N)=O)[C@H](Cc1c[nH]c2ccccc12)C(=O)N[C@@H](CCc1ccccc1)C(=O)N1CCCCC1. The van der Waals surface area contributed by atoms with Crippen LogP contribution in [0.25, 0.3) is 10.9 Å². The molecule has 4 N–H and O–H groups in total. The highest BCUT2D eigenvalue weighted by molar-refractivity contribution is 6.27. The molecule has 5 amide bonds. The Kier molecular flexibility index (Phi) is 13.5. The molecule has 296 valence electrons. The van der Waals surface area contributed by atoms with Crippen LogP contribution < -0.4 is 11.1 Å². The number of carbonyl (C=O) groups is 5. The molecular weight excluding hydrogens is 728 g/mol. The predicted molar refractivity (Wildman–Crippen MR) is 218 cm³/mol. The number of alkyl halides is 1. The zero-order chi connectivity index (χ0) is 39.7. The number of benzene rings is 3. The third kappa shape index (κ3) is 8.94. The number of fused-ring (bicyclic) bond motifs is 1. The Hall–Kier alpha value is -5.16. The lowest BCUT2D eigenvalue weighted by atomic mass is 9.71. The van der Waals surface area contributed by atoms with Gasteiger partial charge in [0.05, 0.1) is 5.92 Å². The third-order valence-corrected chi connectivity index (χ3v) is 12.0. The first-order valence-electron chi connectivity index (χ1n) is 19.8. The predicted octanol–water partition coefficient (Wildman–Crippen LogP) is 5.00. The van der Waals surface area contributed by atoms with Crippen LogP contribution in [-0.4, -0.2) is 99.4 Å². The molecule has 1 aromatic heterocycles. The van der Waals surface area contributed by atoms with Crippen LogP contribution >= 0.6 is 11.6 Å². The first-order chi connectivity index (χ1) is 27.1. The van der Waals surface area contributed by atoms with Crippen molar-refractivity contribution in [3.8, 4) is 0 Å². The molecule has 6 rings (SSSR count). The Morgan fingerprint density at radius 3 is 2.14 bits per heavy atom. The van der Waals surface area contributed by atoms with Gasteiger partial charge in [0.2, 0.25) is 29.5 Å². The second-order valence-electron chi connectivity index (χ2n) is 15.2. The van der Waals surface area contributed by atoms with E-state index in [1.807, 2.05) is 96.0 Å². The van der Waals surface area contributed by atoms with Gasteiger partial charge in [-0.3, -0.25) is 24.0 Å². The number of aromatic nitrogens is 1. The summed E-state index contributed by atoms with van der Waals surface area (Å²) >= 11 is 6.03. The van der Waals surface area contributed by atoms with E-state index >= 15 is 9.59 Å². The molecule has 0 saturated carbocycles. The van der Waals surface area contributed by atoms with Crippen LogP contribution in [0.5, 0.6) is 0 Å². The Bertz CT molecular complexity index is 1980. The normalized spacial score (nSPS) is 18.8. The van der Waals surface area contributed by atoms with Gasteiger partial charge in [0, 0.05) is 50.2 Å². The minimum absolute atomic E-state index is 0.0612. The van der Waals surface area contributed by atoms with Crippen molar-refractivity contribution in [2.45, 2.75) is 81.8 Å². The van der Waals surface area contributed by atoms with Gasteiger partial charge < -0.3 is 30.7 Å². The molecule has 0 radical (unpaired) electrons. The first-order valence-corrected chi connectivity index (χ1v) is 20.3. The van der Waals surface area contributed by atoms with Crippen molar-refractivity contribution in [3.05, 3.63) is 108 Å². The van der Waals surface area contributed by atoms with Crippen LogP contribution in [0.1, 0.15) is 61.6 Å². The number of rotatable bonds is 15. The summed E-state index contributed by atoms with van der Waals surface area (Å²) in [6, 6.07) is 24.9. The molecule has 1 unspecified atom stereocenters. The van der Waals surface area contributed by atoms with Crippen molar-refractivity contribution in [1.29, 1.82) is 0 Å². The highest BCUT2D eigenvalue weighted by Gasteiger charge is 2.56. The summed E-state index contributed by atoms with van der Waals surface area (Å²) in [6.07, 6.45) is 7.01. The monoisotopic (exact) mass is 780 g/mol. The van der Waals surface area contributed by atoms with Gasteiger partial charge in [-0.25, -0.2) is 0 Å². The van der Waals surface area contributed by atoms with E-state index in [2.05, 4.69) is 10.3 Å². The van der Waals surface area contributed by atoms with Gasteiger partial charge in [-0.05, 0) is 80.5 Å². The van der Waals surface area contributed by atoms with E-state index in [-0.39, 0.29) is 37.6 Å². The third-order valence-electron chi connectivity index (χ3n) is 11.7. The number of hydrogen-bond acceptors (Lipinski definition) is 5. The number of halogens is 1. The molecule has 0 bridgehead atoms. The molecule has 2 saturated heterocycles. The number of para-hydroxylation sites is 1. The van der Waals surface area contributed by atoms with Crippen LogP contribution in [0.4, 0.5) is 0 Å². The quantitative estimate of drug-likeness (QED) is 0.145. The van der Waals surface area contributed by atoms with Crippen molar-refractivity contribution >= 4 is 52.0 Å². The summed E-state index contributed by atoms with van der Waals surface area (Å²) in [6.45, 7) is 1.37. The lowest BCUT2D eigenvalue weighted by Crippen LogP contribution is -2.71. The average molecular weight is 781 g/mol. The van der Waals surface area contributed by atoms with Crippen LogP contribution in [-0.2, 0) is 43.2 Å². The molecule has 2 aliphatic rings. The Labute approximate surface area is 333 Å². The summed E-state index contributed by atoms with van der Waals surface area (Å²) in [5.74, 6) is -3.95. The van der Waals surface area contributed by atoms with Crippen molar-refractivity contribution in [2.24, 2.45) is 11.7 Å². The standard InChI is InChI=1S/C44H53ClN6O5/c1-49(39(52)29-45)38(27-32-17-7-3-8-18-32)42(55)51-26-14-11-23-44(51,43(46)56)35(28-33-30-47-36-20-10-9-19-34(33)36)40(53)48-37(22-21-31-15-5-2-6-16-31)41(54)50-24-12-4-13-25-50/h2-3,5-10,15-20,30,35,37-38,47H,4,11-14,21-29H2,1H3,(H2,46,56)(H,48,53)/t35-,37+,38+,44?/m1/s1. The maximum absolute atomic E-state index is 15.2. The topological polar surface area (TPSA) is 149 Å². The zero-order valence-corrected chi connectivity index (χ0v) is 32.9. The Balaban J connectivity index is 1.42. The van der Waals surface area contributed by atoms with Crippen LogP contribution in [0.2, 0.25) is 0 Å². The Morgan fingerprint density at radius 1 is 0.821 bits per heavy atom. The van der Waals surface area contributed by atoms with Gasteiger partial charge in [-0.2, -0.15) is 0 Å². The number of aryl methyl sites for hydroxylation is 1. The van der Waals surface area contributed by atoms with Crippen molar-refractivity contribution in [3.63, 3.8) is 0 Å². The molecule has 3 heterocycles. The number of nitrogens with one attached hydrogen (secondary N) is 2. The van der Waals surface area contributed by atoms with E-state index in [0.29, 0.717) is 38.8 Å². The molecule has 3 aromatic carbocycles. The summed E-state index contributed by atoms with van der Waals surface area (Å²) < 4.78 is 0. The second-order valence-corrected chi connectivity index (χ2v) is 15.4. The van der Waals surface area contributed by atoms with Crippen LogP contribution in [0.3, 0.4) is 0 Å². The number of nitrogens with zero attached hydrogens (tertiary/aromatic N) is 3. The van der Waals surface area contributed by atoms with E-state index in [1.165, 1.54) is 16.8 Å². The number of nitrogens with two attached hydrogens (primary N) is 1. The largest absolute Gasteiger partial charge is 0.368 e. The average Bonchev–Trinajstić information content (AvgIpc) is 3.65. The molecule has 12 heteroatoms. The maximum Gasteiger partial charge on any atom is 0.246 e. The zero-order valence-electron chi connectivity index (χ0n) is 32.1. The van der Waals surface area contributed by atoms with E-state index in [1.54, 1.807) is 0 Å². The van der Waals surface area contributed by atoms with Crippen molar-refractivity contribution in [1.82, 2.24) is 25.0 Å². The van der Waals surface area contributed by atoms with Crippen molar-refractivity contribution < 1.29 is 24.0 Å². The summed E-state index contributed by atoms with van der Waals surface area (Å²) in [4.78, 5) is 79.9. The molecule has 0 spiro atoms. The number of piperidine rings is 2. The van der Waals surface area contributed by atoms with Gasteiger partial charge >= 0.3 is 0 Å². The summed E-state index contributed by atoms with van der Waals surface area (Å²) in [7, 11) is 1.53. The van der Waals surface area contributed by atoms with E-state index in [4.69, 9.17) is 17.3 Å². The number of likely N-dealkylation sites (tertiary alicyclic amines) is 2. The minimum atomic E-state index is -1.78. The molecule has 4 aromatic rings. The lowest BCUT2D eigenvalue weighted by molar-refractivity contribution is -0.162. The van der Waals surface area contributed by atoms with Gasteiger partial charge in [0.15, 0.2) is 0 Å². The highest BCUT2D eigenvalue weighted by Crippen LogP contribution is 2.39. The fourth-order valence-corrected chi connectivity index (χ4v) is 8.78. The van der Waals surface area contributed by atoms with Gasteiger partial charge in [-0.1, -0.05) is 78.9 Å². The molecule has 56 heavy (non-hydrogen) atoms. The number of primary amides is 1. The summed E-state index contributed by atoms with van der Waals surface area (Å²) in [5, 5.41) is 4.01. The number of aromatic amines is 1. The number of hydrogen-bond donors (Lipinski definition) is 3. The molecule has 2 fully saturated rings. The number of carbonyl (C=O) groups excluding carboxylic acids is 5. The smallest absolute Gasteiger partial charge is 0.246 e. The van der Waals surface area contributed by atoms with Gasteiger partial charge in [0.1, 0.15) is 23.5 Å². The van der Waals surface area contributed by atoms with Crippen LogP contribution in [0, 0.1) is 5.92 Å². The highest BCUT2D eigenvalue weighted by atomic mass is 35.5. The molecule has 11 nitrogen and oxygen atoms in total. The Morgan fingerprint density at radius 2 is 1.46 bits per heavy atom. The molecule has 2 aliphatic heterocycles. The van der Waals surface area contributed by atoms with E-state index < -0.39 is 47.2 Å². The fraction of sp³-hybridized carbons (Fsp3) is 0.432. The van der Waals surface area contributed by atoms with Crippen molar-refractivity contribution in [2.75, 3.05) is 32.6 Å². The minimum Gasteiger partial charge on any atom is -0.368 e. The van der Waals surface area contributed by atoms with Gasteiger partial charge in [0.25, 0.3) is 0 Å². The molecule has 0 aliphatic carbocycles. The lowest BCUT2D eigenvalue weighted by Gasteiger charge is -2.50. The second kappa shape index (κ2) is 18.7.